The van der Waals surface area contributed by atoms with Gasteiger partial charge in [-0.25, -0.2) is 4.98 Å². The normalized spacial score (nSPS) is 13.3. The fourth-order valence-electron chi connectivity index (χ4n) is 8.56. The number of rotatable bonds is 3. The molecule has 0 aliphatic heterocycles. The van der Waals surface area contributed by atoms with Crippen LogP contribution in [0.1, 0.15) is 25.0 Å². The maximum atomic E-state index is 5.00. The average molecular weight is 666 g/mol. The molecule has 244 valence electrons. The molecule has 0 fully saturated rings. The van der Waals surface area contributed by atoms with Gasteiger partial charge in [-0.3, -0.25) is 9.55 Å². The van der Waals surface area contributed by atoms with Crippen LogP contribution in [-0.2, 0) is 5.41 Å². The summed E-state index contributed by atoms with van der Waals surface area (Å²) < 4.78 is 2.22. The quantitative estimate of drug-likeness (QED) is 0.188. The second-order valence-corrected chi connectivity index (χ2v) is 14.4. The van der Waals surface area contributed by atoms with Crippen LogP contribution in [0.5, 0.6) is 0 Å². The zero-order chi connectivity index (χ0) is 34.6. The second-order valence-electron chi connectivity index (χ2n) is 14.4. The van der Waals surface area contributed by atoms with Crippen LogP contribution < -0.4 is 0 Å². The van der Waals surface area contributed by atoms with Crippen molar-refractivity contribution < 1.29 is 0 Å². The van der Waals surface area contributed by atoms with E-state index in [1.165, 1.54) is 44.0 Å². The van der Waals surface area contributed by atoms with E-state index in [0.29, 0.717) is 11.3 Å². The molecule has 0 bridgehead atoms. The molecule has 11 rings (SSSR count). The minimum absolute atomic E-state index is 0.0727. The van der Waals surface area contributed by atoms with Gasteiger partial charge in [0.15, 0.2) is 5.82 Å². The summed E-state index contributed by atoms with van der Waals surface area (Å²) in [7, 11) is 0. The predicted octanol–water partition coefficient (Wildman–Crippen LogP) is 11.5. The molecule has 0 atom stereocenters. The Morgan fingerprint density at radius 3 is 1.94 bits per heavy atom. The first-order valence-electron chi connectivity index (χ1n) is 17.7. The molecule has 1 aliphatic rings. The molecule has 0 spiro atoms. The molecule has 7 aromatic carbocycles. The molecule has 10 aromatic rings. The van der Waals surface area contributed by atoms with Crippen LogP contribution in [-0.4, -0.2) is 24.7 Å². The van der Waals surface area contributed by atoms with E-state index < -0.39 is 0 Å². The highest BCUT2D eigenvalue weighted by molar-refractivity contribution is 6.15. The summed E-state index contributed by atoms with van der Waals surface area (Å²) in [6.07, 6.45) is 3.50. The van der Waals surface area contributed by atoms with Gasteiger partial charge in [-0.15, -0.1) is 10.2 Å². The van der Waals surface area contributed by atoms with Gasteiger partial charge in [-0.2, -0.15) is 0 Å². The summed E-state index contributed by atoms with van der Waals surface area (Å²) >= 11 is 0. The van der Waals surface area contributed by atoms with Gasteiger partial charge in [0.2, 0.25) is 0 Å². The van der Waals surface area contributed by atoms with Crippen molar-refractivity contribution in [2.75, 3.05) is 0 Å². The molecule has 0 N–H and O–H groups in total. The highest BCUT2D eigenvalue weighted by atomic mass is 15.2. The van der Waals surface area contributed by atoms with Crippen LogP contribution in [0, 0.1) is 0 Å². The van der Waals surface area contributed by atoms with E-state index in [1.54, 1.807) is 12.4 Å². The van der Waals surface area contributed by atoms with E-state index in [2.05, 4.69) is 158 Å². The Morgan fingerprint density at radius 2 is 1.10 bits per heavy atom. The van der Waals surface area contributed by atoms with Crippen LogP contribution in [0.25, 0.3) is 93.7 Å². The highest BCUT2D eigenvalue weighted by Crippen LogP contribution is 2.49. The number of hydrogen-bond donors (Lipinski definition) is 0. The fraction of sp³-hybridized carbons (Fsp3) is 0.0638. The highest BCUT2D eigenvalue weighted by Gasteiger charge is 2.35. The van der Waals surface area contributed by atoms with E-state index >= 15 is 0 Å². The largest absolute Gasteiger partial charge is 0.290 e. The summed E-state index contributed by atoms with van der Waals surface area (Å²) in [6, 6.07) is 50.4. The van der Waals surface area contributed by atoms with Gasteiger partial charge >= 0.3 is 0 Å². The Kier molecular flexibility index (Phi) is 5.95. The maximum Gasteiger partial charge on any atom is 0.188 e. The van der Waals surface area contributed by atoms with E-state index in [0.717, 1.165) is 49.5 Å². The summed E-state index contributed by atoms with van der Waals surface area (Å²) in [5.74, 6) is 0.660. The van der Waals surface area contributed by atoms with Crippen LogP contribution in [0.2, 0.25) is 0 Å². The van der Waals surface area contributed by atoms with Crippen molar-refractivity contribution in [1.29, 1.82) is 0 Å². The molecular formula is C47H31N5. The molecule has 0 radical (unpaired) electrons. The minimum atomic E-state index is -0.0727. The van der Waals surface area contributed by atoms with Gasteiger partial charge in [0, 0.05) is 34.1 Å². The van der Waals surface area contributed by atoms with Gasteiger partial charge < -0.3 is 0 Å². The van der Waals surface area contributed by atoms with Crippen LogP contribution in [0.15, 0.2) is 152 Å². The molecule has 0 amide bonds. The average Bonchev–Trinajstić information content (AvgIpc) is 3.63. The van der Waals surface area contributed by atoms with Gasteiger partial charge in [0.25, 0.3) is 0 Å². The van der Waals surface area contributed by atoms with Gasteiger partial charge in [-0.05, 0) is 91.3 Å². The topological polar surface area (TPSA) is 56.5 Å². The molecular weight excluding hydrogens is 635 g/mol. The number of aromatic nitrogens is 5. The monoisotopic (exact) mass is 665 g/mol. The van der Waals surface area contributed by atoms with Gasteiger partial charge in [0.1, 0.15) is 16.7 Å². The van der Waals surface area contributed by atoms with Gasteiger partial charge in [0.05, 0.1) is 11.0 Å². The lowest BCUT2D eigenvalue weighted by Crippen LogP contribution is -2.14. The Hall–Kier alpha value is -6.72. The number of hydrogen-bond acceptors (Lipinski definition) is 4. The summed E-state index contributed by atoms with van der Waals surface area (Å²) in [5.41, 5.74) is 12.7. The second kappa shape index (κ2) is 10.6. The lowest BCUT2D eigenvalue weighted by molar-refractivity contribution is 0.660. The Morgan fingerprint density at radius 1 is 0.462 bits per heavy atom. The molecule has 52 heavy (non-hydrogen) atoms. The third-order valence-corrected chi connectivity index (χ3v) is 11.2. The molecule has 1 aliphatic carbocycles. The lowest BCUT2D eigenvalue weighted by atomic mass is 9.82. The van der Waals surface area contributed by atoms with Crippen molar-refractivity contribution in [2.24, 2.45) is 0 Å². The first-order valence-corrected chi connectivity index (χ1v) is 17.7. The first kappa shape index (κ1) is 29.1. The van der Waals surface area contributed by atoms with E-state index in [-0.39, 0.29) is 5.41 Å². The van der Waals surface area contributed by atoms with Crippen molar-refractivity contribution in [3.8, 4) is 39.3 Å². The molecule has 3 aromatic heterocycles. The smallest absolute Gasteiger partial charge is 0.188 e. The zero-order valence-electron chi connectivity index (χ0n) is 28.7. The van der Waals surface area contributed by atoms with Crippen molar-refractivity contribution in [1.82, 2.24) is 24.7 Å². The number of nitrogens with zero attached hydrogens (tertiary/aromatic N) is 5. The minimum Gasteiger partial charge on any atom is -0.290 e. The standard InChI is InChI=1S/C47H31N5/c1-47(2)39-14-8-7-13-35(39)36-26-34(17-19-40(36)47)43-44-45(49-22-21-48-44)46(51-50-43)52-41-20-18-33(32-16-15-28-9-3-4-10-29(28)23-32)25-37(41)38-24-30-11-5-6-12-31(30)27-42(38)52/h3-27H,1-2H3. The van der Waals surface area contributed by atoms with Crippen LogP contribution >= 0.6 is 0 Å². The molecule has 0 saturated carbocycles. The summed E-state index contributed by atoms with van der Waals surface area (Å²) in [5, 5.41) is 17.1. The molecule has 0 saturated heterocycles. The van der Waals surface area contributed by atoms with Crippen molar-refractivity contribution >= 4 is 54.4 Å². The lowest BCUT2D eigenvalue weighted by Gasteiger charge is -2.21. The van der Waals surface area contributed by atoms with E-state index in [4.69, 9.17) is 20.2 Å². The van der Waals surface area contributed by atoms with Crippen molar-refractivity contribution in [3.05, 3.63) is 163 Å². The zero-order valence-corrected chi connectivity index (χ0v) is 28.7. The Bertz CT molecular complexity index is 3120. The maximum absolute atomic E-state index is 5.00. The Balaban J connectivity index is 1.14. The SMILES string of the molecule is CC1(C)c2ccccc2-c2cc(-c3nnc(-n4c5ccc(-c6ccc7ccccc7c6)cc5c5cc6ccccc6cc54)c4nccnc34)ccc21. The number of benzene rings is 7. The van der Waals surface area contributed by atoms with Gasteiger partial charge in [-0.1, -0.05) is 117 Å². The predicted molar refractivity (Wildman–Crippen MR) is 213 cm³/mol. The van der Waals surface area contributed by atoms with Crippen molar-refractivity contribution in [2.45, 2.75) is 19.3 Å². The molecule has 3 heterocycles. The first-order chi connectivity index (χ1) is 25.5. The molecule has 5 nitrogen and oxygen atoms in total. The van der Waals surface area contributed by atoms with E-state index in [9.17, 15) is 0 Å². The third kappa shape index (κ3) is 4.11. The fourth-order valence-corrected chi connectivity index (χ4v) is 8.56. The van der Waals surface area contributed by atoms with Crippen molar-refractivity contribution in [3.63, 3.8) is 0 Å². The Labute approximate surface area is 299 Å². The third-order valence-electron chi connectivity index (χ3n) is 11.2. The van der Waals surface area contributed by atoms with E-state index in [1.807, 2.05) is 0 Å². The summed E-state index contributed by atoms with van der Waals surface area (Å²) in [4.78, 5) is 9.84. The molecule has 5 heteroatoms. The number of fused-ring (bicyclic) bond motifs is 9. The summed E-state index contributed by atoms with van der Waals surface area (Å²) in [6.45, 7) is 4.60. The van der Waals surface area contributed by atoms with Crippen LogP contribution in [0.3, 0.4) is 0 Å². The molecule has 0 unspecified atom stereocenters. The van der Waals surface area contributed by atoms with Crippen LogP contribution in [0.4, 0.5) is 0 Å².